The molecule has 0 fully saturated rings. The van der Waals surface area contributed by atoms with Gasteiger partial charge in [0.05, 0.1) is 13.7 Å². The van der Waals surface area contributed by atoms with E-state index in [9.17, 15) is 9.59 Å². The number of benzene rings is 1. The van der Waals surface area contributed by atoms with Crippen molar-refractivity contribution in [3.63, 3.8) is 0 Å². The highest BCUT2D eigenvalue weighted by atomic mass is 16.5. The topological polar surface area (TPSA) is 89.6 Å². The maximum absolute atomic E-state index is 12.1. The average molecular weight is 355 g/mol. The third-order valence-corrected chi connectivity index (χ3v) is 3.34. The van der Waals surface area contributed by atoms with E-state index in [-0.39, 0.29) is 23.2 Å². The second-order valence-electron chi connectivity index (χ2n) is 5.19. The number of carbonyl (C=O) groups excluding carboxylic acids is 2. The Morgan fingerprint density at radius 2 is 1.65 bits per heavy atom. The summed E-state index contributed by atoms with van der Waals surface area (Å²) in [6, 6.07) is 11.9. The largest absolute Gasteiger partial charge is 0.497 e. The fraction of sp³-hybridized carbons (Fsp3) is 0.211. The number of hydrogen-bond acceptors (Lipinski definition) is 5. The first-order valence-corrected chi connectivity index (χ1v) is 8.05. The number of rotatable bonds is 9. The van der Waals surface area contributed by atoms with Crippen molar-refractivity contribution in [3.8, 4) is 11.5 Å². The van der Waals surface area contributed by atoms with Crippen LogP contribution in [-0.4, -0.2) is 43.6 Å². The van der Waals surface area contributed by atoms with Crippen LogP contribution in [-0.2, 0) is 0 Å². The van der Waals surface area contributed by atoms with Crippen LogP contribution in [0.15, 0.2) is 55.1 Å². The summed E-state index contributed by atoms with van der Waals surface area (Å²) in [6.45, 7) is 4.47. The van der Waals surface area contributed by atoms with Crippen molar-refractivity contribution in [1.29, 1.82) is 0 Å². The second kappa shape index (κ2) is 9.83. The molecule has 7 nitrogen and oxygen atoms in total. The van der Waals surface area contributed by atoms with Gasteiger partial charge in [-0.2, -0.15) is 0 Å². The van der Waals surface area contributed by atoms with Crippen LogP contribution in [0.2, 0.25) is 0 Å². The van der Waals surface area contributed by atoms with Crippen molar-refractivity contribution >= 4 is 11.8 Å². The summed E-state index contributed by atoms with van der Waals surface area (Å²) >= 11 is 0. The Kier molecular flexibility index (Phi) is 7.17. The molecule has 26 heavy (non-hydrogen) atoms. The van der Waals surface area contributed by atoms with Crippen LogP contribution in [0.3, 0.4) is 0 Å². The molecule has 1 aromatic heterocycles. The normalized spacial score (nSPS) is 9.88. The number of carbonyl (C=O) groups is 2. The lowest BCUT2D eigenvalue weighted by Gasteiger charge is -2.09. The smallest absolute Gasteiger partial charge is 0.270 e. The van der Waals surface area contributed by atoms with Crippen molar-refractivity contribution in [2.45, 2.75) is 0 Å². The fourth-order valence-electron chi connectivity index (χ4n) is 2.04. The average Bonchev–Trinajstić information content (AvgIpc) is 2.69. The Morgan fingerprint density at radius 1 is 1.04 bits per heavy atom. The van der Waals surface area contributed by atoms with Crippen LogP contribution in [0, 0.1) is 0 Å². The van der Waals surface area contributed by atoms with E-state index in [0.29, 0.717) is 25.4 Å². The molecule has 0 aliphatic carbocycles. The zero-order valence-electron chi connectivity index (χ0n) is 14.5. The molecule has 0 unspecified atom stereocenters. The number of aromatic nitrogens is 1. The molecule has 136 valence electrons. The summed E-state index contributed by atoms with van der Waals surface area (Å²) in [7, 11) is 1.59. The zero-order valence-corrected chi connectivity index (χ0v) is 14.5. The van der Waals surface area contributed by atoms with E-state index < -0.39 is 0 Å². The molecular weight excluding hydrogens is 334 g/mol. The van der Waals surface area contributed by atoms with Gasteiger partial charge in [0.1, 0.15) is 29.5 Å². The van der Waals surface area contributed by atoms with Gasteiger partial charge in [-0.1, -0.05) is 12.1 Å². The van der Waals surface area contributed by atoms with E-state index in [1.165, 1.54) is 0 Å². The first-order valence-electron chi connectivity index (χ1n) is 8.05. The Balaban J connectivity index is 1.81. The standard InChI is InChI=1S/C19H21N3O4/c1-3-11-20-18(23)16-5-4-6-17(22-16)19(24)21-12-13-26-15-9-7-14(25-2)8-10-15/h3-10H,1,11-13H2,2H3,(H,20,23)(H,21,24). The third kappa shape index (κ3) is 5.62. The van der Waals surface area contributed by atoms with Crippen molar-refractivity contribution in [1.82, 2.24) is 15.6 Å². The SMILES string of the molecule is C=CCNC(=O)c1cccc(C(=O)NCCOc2ccc(OC)cc2)n1. The Bertz CT molecular complexity index is 760. The highest BCUT2D eigenvalue weighted by molar-refractivity contribution is 5.96. The number of nitrogens with one attached hydrogen (secondary N) is 2. The molecule has 2 N–H and O–H groups in total. The van der Waals surface area contributed by atoms with Gasteiger partial charge in [-0.05, 0) is 36.4 Å². The summed E-state index contributed by atoms with van der Waals surface area (Å²) in [5.74, 6) is 0.692. The van der Waals surface area contributed by atoms with Crippen LogP contribution in [0.4, 0.5) is 0 Å². The summed E-state index contributed by atoms with van der Waals surface area (Å²) in [5, 5.41) is 5.32. The molecule has 0 bridgehead atoms. The molecule has 7 heteroatoms. The zero-order chi connectivity index (χ0) is 18.8. The Hall–Kier alpha value is -3.35. The summed E-state index contributed by atoms with van der Waals surface area (Å²) < 4.78 is 10.6. The van der Waals surface area contributed by atoms with E-state index in [4.69, 9.17) is 9.47 Å². The maximum atomic E-state index is 12.1. The minimum Gasteiger partial charge on any atom is -0.497 e. The third-order valence-electron chi connectivity index (χ3n) is 3.34. The van der Waals surface area contributed by atoms with Crippen LogP contribution in [0.1, 0.15) is 21.0 Å². The molecule has 1 heterocycles. The molecule has 0 radical (unpaired) electrons. The van der Waals surface area contributed by atoms with Gasteiger partial charge in [0.2, 0.25) is 0 Å². The van der Waals surface area contributed by atoms with E-state index >= 15 is 0 Å². The van der Waals surface area contributed by atoms with E-state index in [1.54, 1.807) is 55.7 Å². The molecule has 0 spiro atoms. The van der Waals surface area contributed by atoms with Crippen molar-refractivity contribution in [2.24, 2.45) is 0 Å². The summed E-state index contributed by atoms with van der Waals surface area (Å²) in [4.78, 5) is 28.1. The number of ether oxygens (including phenoxy) is 2. The van der Waals surface area contributed by atoms with Gasteiger partial charge in [0, 0.05) is 6.54 Å². The lowest BCUT2D eigenvalue weighted by Crippen LogP contribution is -2.30. The lowest BCUT2D eigenvalue weighted by atomic mass is 10.2. The number of methoxy groups -OCH3 is 1. The molecule has 2 amide bonds. The summed E-state index contributed by atoms with van der Waals surface area (Å²) in [6.07, 6.45) is 1.57. The quantitative estimate of drug-likeness (QED) is 0.529. The first-order chi connectivity index (χ1) is 12.6. The number of amides is 2. The van der Waals surface area contributed by atoms with Crippen LogP contribution in [0.5, 0.6) is 11.5 Å². The van der Waals surface area contributed by atoms with Crippen LogP contribution >= 0.6 is 0 Å². The van der Waals surface area contributed by atoms with Crippen LogP contribution in [0.25, 0.3) is 0 Å². The highest BCUT2D eigenvalue weighted by Crippen LogP contribution is 2.16. The van der Waals surface area contributed by atoms with Crippen molar-refractivity contribution in [2.75, 3.05) is 26.8 Å². The van der Waals surface area contributed by atoms with Crippen LogP contribution < -0.4 is 20.1 Å². The van der Waals surface area contributed by atoms with Gasteiger partial charge in [-0.3, -0.25) is 9.59 Å². The van der Waals surface area contributed by atoms with Gasteiger partial charge in [-0.25, -0.2) is 4.98 Å². The molecule has 1 aromatic carbocycles. The molecular formula is C19H21N3O4. The Morgan fingerprint density at radius 3 is 2.27 bits per heavy atom. The number of hydrogen-bond donors (Lipinski definition) is 2. The predicted octanol–water partition coefficient (Wildman–Crippen LogP) is 1.81. The minimum atomic E-state index is -0.373. The van der Waals surface area contributed by atoms with Gasteiger partial charge < -0.3 is 20.1 Å². The molecule has 0 aliphatic heterocycles. The summed E-state index contributed by atoms with van der Waals surface area (Å²) in [5.41, 5.74) is 0.342. The monoisotopic (exact) mass is 355 g/mol. The fourth-order valence-corrected chi connectivity index (χ4v) is 2.04. The molecule has 0 saturated heterocycles. The van der Waals surface area contributed by atoms with Gasteiger partial charge in [0.15, 0.2) is 0 Å². The second-order valence-corrected chi connectivity index (χ2v) is 5.19. The molecule has 0 atom stereocenters. The first kappa shape index (κ1) is 19.0. The predicted molar refractivity (Wildman–Crippen MR) is 97.6 cm³/mol. The Labute approximate surface area is 152 Å². The molecule has 0 aliphatic rings. The minimum absolute atomic E-state index is 0.167. The molecule has 2 aromatic rings. The maximum Gasteiger partial charge on any atom is 0.270 e. The van der Waals surface area contributed by atoms with E-state index in [2.05, 4.69) is 22.2 Å². The number of nitrogens with zero attached hydrogens (tertiary/aromatic N) is 1. The molecule has 0 saturated carbocycles. The lowest BCUT2D eigenvalue weighted by molar-refractivity contribution is 0.0940. The van der Waals surface area contributed by atoms with Gasteiger partial charge >= 0.3 is 0 Å². The van der Waals surface area contributed by atoms with Gasteiger partial charge in [-0.15, -0.1) is 6.58 Å². The van der Waals surface area contributed by atoms with Crippen molar-refractivity contribution in [3.05, 3.63) is 66.5 Å². The van der Waals surface area contributed by atoms with E-state index in [0.717, 1.165) is 5.75 Å². The highest BCUT2D eigenvalue weighted by Gasteiger charge is 2.11. The van der Waals surface area contributed by atoms with Gasteiger partial charge in [0.25, 0.3) is 11.8 Å². The number of pyridine rings is 1. The van der Waals surface area contributed by atoms with Crippen molar-refractivity contribution < 1.29 is 19.1 Å². The van der Waals surface area contributed by atoms with E-state index in [1.807, 2.05) is 0 Å². The molecule has 2 rings (SSSR count).